The van der Waals surface area contributed by atoms with Crippen LogP contribution < -0.4 is 21.3 Å². The van der Waals surface area contributed by atoms with Gasteiger partial charge in [-0.05, 0) is 26.7 Å². The maximum absolute atomic E-state index is 11.4. The van der Waals surface area contributed by atoms with E-state index >= 15 is 0 Å². The topological polar surface area (TPSA) is 82.3 Å². The number of amides is 4. The fourth-order valence-electron chi connectivity index (χ4n) is 2.78. The first-order valence-corrected chi connectivity index (χ1v) is 8.38. The van der Waals surface area contributed by atoms with Crippen molar-refractivity contribution in [3.63, 3.8) is 0 Å². The summed E-state index contributed by atoms with van der Waals surface area (Å²) in [6.45, 7) is 4.58. The van der Waals surface area contributed by atoms with E-state index in [0.29, 0.717) is 17.8 Å². The maximum atomic E-state index is 11.4. The van der Waals surface area contributed by atoms with Gasteiger partial charge in [0.2, 0.25) is 0 Å². The summed E-state index contributed by atoms with van der Waals surface area (Å²) in [5, 5.41) is 12.1. The van der Waals surface area contributed by atoms with Gasteiger partial charge in [-0.15, -0.1) is 0 Å². The molecule has 4 atom stereocenters. The number of carbonyl (C=O) groups is 2. The molecule has 7 heteroatoms. The second-order valence-corrected chi connectivity index (χ2v) is 6.73. The molecule has 2 saturated heterocycles. The van der Waals surface area contributed by atoms with E-state index < -0.39 is 0 Å². The molecule has 0 radical (unpaired) electrons. The summed E-state index contributed by atoms with van der Waals surface area (Å²) in [5.74, 6) is 1.00. The van der Waals surface area contributed by atoms with E-state index in [1.165, 1.54) is 0 Å². The predicted octanol–water partition coefficient (Wildman–Crippen LogP) is 1.03. The standard InChI is InChI=1S/C13H24N4O2S/c1-3-14-12(18)15-8(2)5-4-6-10-11-9(7-20-10)16-13(19)17-11/h8-11H,3-7H2,1-2H3,(H2,14,15,18)(H2,16,17,19)/t8?,9-,10-,11-/m0/s1. The highest BCUT2D eigenvalue weighted by molar-refractivity contribution is 8.00. The average molecular weight is 300 g/mol. The Hall–Kier alpha value is -1.11. The lowest BCUT2D eigenvalue weighted by molar-refractivity contribution is 0.237. The van der Waals surface area contributed by atoms with Gasteiger partial charge in [-0.2, -0.15) is 11.8 Å². The molecule has 2 aliphatic rings. The zero-order chi connectivity index (χ0) is 14.5. The van der Waals surface area contributed by atoms with E-state index in [-0.39, 0.29) is 24.1 Å². The molecule has 6 nitrogen and oxygen atoms in total. The Kier molecular flexibility index (Phi) is 5.39. The number of fused-ring (bicyclic) bond motifs is 1. The van der Waals surface area contributed by atoms with Gasteiger partial charge in [0.1, 0.15) is 0 Å². The number of urea groups is 2. The summed E-state index contributed by atoms with van der Waals surface area (Å²) in [5.41, 5.74) is 0. The second kappa shape index (κ2) is 7.06. The molecule has 0 aromatic rings. The minimum atomic E-state index is -0.0949. The molecule has 4 amide bonds. The Morgan fingerprint density at radius 1 is 1.50 bits per heavy atom. The van der Waals surface area contributed by atoms with E-state index in [2.05, 4.69) is 21.3 Å². The summed E-state index contributed by atoms with van der Waals surface area (Å²) in [6, 6.07) is 0.627. The molecule has 0 aliphatic carbocycles. The fourth-order valence-corrected chi connectivity index (χ4v) is 4.32. The SMILES string of the molecule is CCNC(=O)NC(C)CCC[C@@H]1SC[C@@H]2NC(=O)N[C@@H]21. The number of hydrogen-bond donors (Lipinski definition) is 4. The van der Waals surface area contributed by atoms with E-state index in [0.717, 1.165) is 25.0 Å². The normalized spacial score (nSPS) is 29.3. The molecule has 4 N–H and O–H groups in total. The van der Waals surface area contributed by atoms with Gasteiger partial charge in [-0.25, -0.2) is 9.59 Å². The van der Waals surface area contributed by atoms with Crippen molar-refractivity contribution < 1.29 is 9.59 Å². The largest absolute Gasteiger partial charge is 0.338 e. The smallest absolute Gasteiger partial charge is 0.315 e. The van der Waals surface area contributed by atoms with Gasteiger partial charge >= 0.3 is 12.1 Å². The Morgan fingerprint density at radius 2 is 2.30 bits per heavy atom. The Bertz CT molecular complexity index is 366. The molecular weight excluding hydrogens is 276 g/mol. The van der Waals surface area contributed by atoms with Crippen LogP contribution in [0.4, 0.5) is 9.59 Å². The van der Waals surface area contributed by atoms with Crippen molar-refractivity contribution >= 4 is 23.8 Å². The van der Waals surface area contributed by atoms with Crippen LogP contribution in [0, 0.1) is 0 Å². The van der Waals surface area contributed by atoms with Crippen molar-refractivity contribution in [1.29, 1.82) is 0 Å². The van der Waals surface area contributed by atoms with Crippen LogP contribution in [0.15, 0.2) is 0 Å². The lowest BCUT2D eigenvalue weighted by Gasteiger charge is -2.18. The Labute approximate surface area is 124 Å². The molecule has 114 valence electrons. The van der Waals surface area contributed by atoms with Gasteiger partial charge in [0.25, 0.3) is 0 Å². The average Bonchev–Trinajstić information content (AvgIpc) is 2.90. The van der Waals surface area contributed by atoms with Crippen LogP contribution in [0.2, 0.25) is 0 Å². The van der Waals surface area contributed by atoms with Crippen molar-refractivity contribution in [2.45, 2.75) is 56.5 Å². The number of nitrogens with one attached hydrogen (secondary N) is 4. The summed E-state index contributed by atoms with van der Waals surface area (Å²) in [6.07, 6.45) is 3.10. The summed E-state index contributed by atoms with van der Waals surface area (Å²) in [4.78, 5) is 22.7. The van der Waals surface area contributed by atoms with Gasteiger partial charge in [-0.1, -0.05) is 6.42 Å². The number of carbonyl (C=O) groups excluding carboxylic acids is 2. The van der Waals surface area contributed by atoms with Gasteiger partial charge < -0.3 is 21.3 Å². The van der Waals surface area contributed by atoms with Crippen molar-refractivity contribution in [3.8, 4) is 0 Å². The summed E-state index contributed by atoms with van der Waals surface area (Å²) in [7, 11) is 0. The molecule has 2 fully saturated rings. The number of rotatable bonds is 6. The maximum Gasteiger partial charge on any atom is 0.315 e. The summed E-state index contributed by atoms with van der Waals surface area (Å²) >= 11 is 1.93. The molecule has 2 rings (SSSR count). The van der Waals surface area contributed by atoms with Crippen LogP contribution in [-0.4, -0.2) is 47.7 Å². The monoisotopic (exact) mass is 300 g/mol. The van der Waals surface area contributed by atoms with Gasteiger partial charge in [0.15, 0.2) is 0 Å². The number of hydrogen-bond acceptors (Lipinski definition) is 3. The fraction of sp³-hybridized carbons (Fsp3) is 0.846. The molecular formula is C13H24N4O2S. The first-order chi connectivity index (χ1) is 9.60. The minimum Gasteiger partial charge on any atom is -0.338 e. The Balaban J connectivity index is 1.63. The molecule has 20 heavy (non-hydrogen) atoms. The molecule has 0 aromatic carbocycles. The highest BCUT2D eigenvalue weighted by Gasteiger charge is 2.42. The lowest BCUT2D eigenvalue weighted by atomic mass is 10.0. The lowest BCUT2D eigenvalue weighted by Crippen LogP contribution is -2.40. The molecule has 2 heterocycles. The van der Waals surface area contributed by atoms with E-state index in [1.54, 1.807) is 0 Å². The Morgan fingerprint density at radius 3 is 3.05 bits per heavy atom. The van der Waals surface area contributed by atoms with E-state index in [4.69, 9.17) is 0 Å². The van der Waals surface area contributed by atoms with Crippen LogP contribution in [0.5, 0.6) is 0 Å². The van der Waals surface area contributed by atoms with Crippen LogP contribution in [0.1, 0.15) is 33.1 Å². The quantitative estimate of drug-likeness (QED) is 0.553. The van der Waals surface area contributed by atoms with Gasteiger partial charge in [0.05, 0.1) is 12.1 Å². The molecule has 1 unspecified atom stereocenters. The third-order valence-corrected chi connectivity index (χ3v) is 5.29. The van der Waals surface area contributed by atoms with Crippen molar-refractivity contribution in [1.82, 2.24) is 21.3 Å². The van der Waals surface area contributed by atoms with Crippen molar-refractivity contribution in [3.05, 3.63) is 0 Å². The van der Waals surface area contributed by atoms with Crippen LogP contribution in [-0.2, 0) is 0 Å². The first kappa shape index (κ1) is 15.3. The molecule has 2 aliphatic heterocycles. The minimum absolute atomic E-state index is 0.0310. The third-order valence-electron chi connectivity index (χ3n) is 3.78. The molecule has 0 saturated carbocycles. The van der Waals surface area contributed by atoms with E-state index in [9.17, 15) is 9.59 Å². The van der Waals surface area contributed by atoms with Gasteiger partial charge in [-0.3, -0.25) is 0 Å². The molecule has 0 spiro atoms. The first-order valence-electron chi connectivity index (χ1n) is 7.33. The van der Waals surface area contributed by atoms with Crippen molar-refractivity contribution in [2.75, 3.05) is 12.3 Å². The van der Waals surface area contributed by atoms with Crippen LogP contribution >= 0.6 is 11.8 Å². The van der Waals surface area contributed by atoms with Crippen molar-refractivity contribution in [2.24, 2.45) is 0 Å². The molecule has 0 aromatic heterocycles. The van der Waals surface area contributed by atoms with Gasteiger partial charge in [0, 0.05) is 23.6 Å². The van der Waals surface area contributed by atoms with Crippen LogP contribution in [0.25, 0.3) is 0 Å². The predicted molar refractivity (Wildman–Crippen MR) is 81.0 cm³/mol. The highest BCUT2D eigenvalue weighted by atomic mass is 32.2. The molecule has 0 bridgehead atoms. The number of thioether (sulfide) groups is 1. The highest BCUT2D eigenvalue weighted by Crippen LogP contribution is 2.33. The van der Waals surface area contributed by atoms with Crippen LogP contribution in [0.3, 0.4) is 0 Å². The third kappa shape index (κ3) is 3.94. The zero-order valence-electron chi connectivity index (χ0n) is 12.1. The zero-order valence-corrected chi connectivity index (χ0v) is 12.9. The summed E-state index contributed by atoms with van der Waals surface area (Å²) < 4.78 is 0. The van der Waals surface area contributed by atoms with E-state index in [1.807, 2.05) is 25.6 Å². The second-order valence-electron chi connectivity index (χ2n) is 5.46.